The molecular weight excluding hydrogens is 332 g/mol. The molecule has 0 bridgehead atoms. The fraction of sp³-hybridized carbons (Fsp3) is 0.400. The summed E-state index contributed by atoms with van der Waals surface area (Å²) in [4.78, 5) is 2.60. The van der Waals surface area contributed by atoms with Gasteiger partial charge in [0.25, 0.3) is 10.0 Å². The van der Waals surface area contributed by atoms with Crippen molar-refractivity contribution in [1.82, 2.24) is 0 Å². The van der Waals surface area contributed by atoms with Crippen LogP contribution in [-0.2, 0) is 10.0 Å². The molecule has 3 rings (SSSR count). The number of nitrogens with zero attached hydrogens (tertiary/aromatic N) is 1. The molecule has 0 radical (unpaired) electrons. The van der Waals surface area contributed by atoms with E-state index in [-0.39, 0.29) is 0 Å². The topological polar surface area (TPSA) is 49.4 Å². The number of benzene rings is 2. The third-order valence-electron chi connectivity index (χ3n) is 4.67. The minimum absolute atomic E-state index is 0.293. The molecule has 2 aromatic carbocycles. The third-order valence-corrected chi connectivity index (χ3v) is 6.06. The highest BCUT2D eigenvalue weighted by Gasteiger charge is 2.19. The van der Waals surface area contributed by atoms with Crippen molar-refractivity contribution in [1.29, 1.82) is 0 Å². The molecule has 0 aliphatic carbocycles. The van der Waals surface area contributed by atoms with Crippen molar-refractivity contribution in [3.63, 3.8) is 0 Å². The minimum atomic E-state index is -3.59. The zero-order valence-electron chi connectivity index (χ0n) is 15.0. The van der Waals surface area contributed by atoms with Crippen molar-refractivity contribution in [2.75, 3.05) is 22.7 Å². The van der Waals surface area contributed by atoms with Gasteiger partial charge in [0.2, 0.25) is 0 Å². The largest absolute Gasteiger partial charge is 0.370 e. The maximum atomic E-state index is 12.8. The molecule has 0 spiro atoms. The van der Waals surface area contributed by atoms with Gasteiger partial charge in [-0.3, -0.25) is 4.72 Å². The second-order valence-electron chi connectivity index (χ2n) is 6.84. The van der Waals surface area contributed by atoms with Gasteiger partial charge in [-0.25, -0.2) is 8.42 Å². The van der Waals surface area contributed by atoms with Gasteiger partial charge in [-0.2, -0.15) is 0 Å². The lowest BCUT2D eigenvalue weighted by molar-refractivity contribution is 0.601. The Labute approximate surface area is 150 Å². The molecule has 0 unspecified atom stereocenters. The van der Waals surface area contributed by atoms with Gasteiger partial charge in [0.15, 0.2) is 0 Å². The van der Waals surface area contributed by atoms with Crippen molar-refractivity contribution in [2.24, 2.45) is 0 Å². The van der Waals surface area contributed by atoms with E-state index >= 15 is 0 Å². The van der Waals surface area contributed by atoms with Crippen LogP contribution in [0.3, 0.4) is 0 Å². The number of aryl methyl sites for hydroxylation is 2. The Hall–Kier alpha value is -2.01. The monoisotopic (exact) mass is 358 g/mol. The molecule has 1 aliphatic rings. The highest BCUT2D eigenvalue weighted by molar-refractivity contribution is 7.92. The van der Waals surface area contributed by atoms with Crippen LogP contribution in [0.15, 0.2) is 47.4 Å². The van der Waals surface area contributed by atoms with E-state index in [4.69, 9.17) is 0 Å². The summed E-state index contributed by atoms with van der Waals surface area (Å²) in [6.07, 6.45) is 4.79. The van der Waals surface area contributed by atoms with E-state index in [0.717, 1.165) is 42.7 Å². The standard InChI is InChI=1S/C20H26N2O2S/c1-16-7-10-18(11-8-16)25(23,24)21-19-15-17(2)9-12-20(19)22-13-5-3-4-6-14-22/h7-12,15,21H,3-6,13-14H2,1-2H3. The second-order valence-corrected chi connectivity index (χ2v) is 8.52. The summed E-state index contributed by atoms with van der Waals surface area (Å²) in [5.41, 5.74) is 3.73. The van der Waals surface area contributed by atoms with E-state index in [1.54, 1.807) is 12.1 Å². The molecule has 134 valence electrons. The van der Waals surface area contributed by atoms with Crippen molar-refractivity contribution in [3.8, 4) is 0 Å². The molecule has 0 saturated carbocycles. The fourth-order valence-electron chi connectivity index (χ4n) is 3.24. The van der Waals surface area contributed by atoms with Gasteiger partial charge in [0.1, 0.15) is 0 Å². The van der Waals surface area contributed by atoms with Crippen molar-refractivity contribution in [3.05, 3.63) is 53.6 Å². The van der Waals surface area contributed by atoms with Gasteiger partial charge in [-0.1, -0.05) is 36.6 Å². The molecule has 1 aliphatic heterocycles. The molecule has 2 aromatic rings. The average Bonchev–Trinajstić information content (AvgIpc) is 2.84. The summed E-state index contributed by atoms with van der Waals surface area (Å²) >= 11 is 0. The molecule has 25 heavy (non-hydrogen) atoms. The quantitative estimate of drug-likeness (QED) is 0.876. The van der Waals surface area contributed by atoms with Crippen LogP contribution in [0.4, 0.5) is 11.4 Å². The van der Waals surface area contributed by atoms with Gasteiger partial charge in [0.05, 0.1) is 16.3 Å². The van der Waals surface area contributed by atoms with Crippen molar-refractivity contribution >= 4 is 21.4 Å². The van der Waals surface area contributed by atoms with E-state index < -0.39 is 10.0 Å². The van der Waals surface area contributed by atoms with E-state index in [2.05, 4.69) is 9.62 Å². The van der Waals surface area contributed by atoms with E-state index in [0.29, 0.717) is 10.6 Å². The Balaban J connectivity index is 1.93. The fourth-order valence-corrected chi connectivity index (χ4v) is 4.31. The van der Waals surface area contributed by atoms with Crippen LogP contribution in [0.2, 0.25) is 0 Å². The molecule has 1 heterocycles. The highest BCUT2D eigenvalue weighted by atomic mass is 32.2. The molecule has 1 saturated heterocycles. The predicted octanol–water partition coefficient (Wildman–Crippen LogP) is 4.48. The summed E-state index contributed by atoms with van der Waals surface area (Å²) < 4.78 is 28.4. The zero-order chi connectivity index (χ0) is 17.9. The lowest BCUT2D eigenvalue weighted by atomic mass is 10.1. The van der Waals surface area contributed by atoms with Crippen LogP contribution >= 0.6 is 0 Å². The Morgan fingerprint density at radius 2 is 1.44 bits per heavy atom. The van der Waals surface area contributed by atoms with Gasteiger partial charge < -0.3 is 4.90 Å². The van der Waals surface area contributed by atoms with Gasteiger partial charge in [-0.05, 0) is 56.5 Å². The first kappa shape index (κ1) is 17.8. The number of hydrogen-bond donors (Lipinski definition) is 1. The molecule has 5 heteroatoms. The maximum absolute atomic E-state index is 12.8. The molecule has 0 atom stereocenters. The summed E-state index contributed by atoms with van der Waals surface area (Å²) in [5, 5.41) is 0. The summed E-state index contributed by atoms with van der Waals surface area (Å²) in [6, 6.07) is 12.9. The number of anilines is 2. The lowest BCUT2D eigenvalue weighted by Gasteiger charge is -2.26. The SMILES string of the molecule is Cc1ccc(S(=O)(=O)Nc2cc(C)ccc2N2CCCCCC2)cc1. The summed E-state index contributed by atoms with van der Waals surface area (Å²) in [6.45, 7) is 5.88. The molecule has 1 N–H and O–H groups in total. The molecular formula is C20H26N2O2S. The number of rotatable bonds is 4. The van der Waals surface area contributed by atoms with Gasteiger partial charge in [0, 0.05) is 13.1 Å². The normalized spacial score (nSPS) is 15.7. The molecule has 0 aromatic heterocycles. The average molecular weight is 359 g/mol. The van der Waals surface area contributed by atoms with Crippen LogP contribution in [0.5, 0.6) is 0 Å². The minimum Gasteiger partial charge on any atom is -0.370 e. The summed E-state index contributed by atoms with van der Waals surface area (Å²) in [7, 11) is -3.59. The van der Waals surface area contributed by atoms with Crippen LogP contribution < -0.4 is 9.62 Å². The first-order chi connectivity index (χ1) is 12.0. The predicted molar refractivity (Wildman–Crippen MR) is 104 cm³/mol. The van der Waals surface area contributed by atoms with Crippen LogP contribution in [0.1, 0.15) is 36.8 Å². The van der Waals surface area contributed by atoms with E-state index in [1.807, 2.05) is 44.2 Å². The molecule has 4 nitrogen and oxygen atoms in total. The summed E-state index contributed by atoms with van der Waals surface area (Å²) in [5.74, 6) is 0. The molecule has 0 amide bonds. The number of hydrogen-bond acceptors (Lipinski definition) is 3. The van der Waals surface area contributed by atoms with Gasteiger partial charge >= 0.3 is 0 Å². The van der Waals surface area contributed by atoms with Gasteiger partial charge in [-0.15, -0.1) is 0 Å². The zero-order valence-corrected chi connectivity index (χ0v) is 15.8. The molecule has 1 fully saturated rings. The van der Waals surface area contributed by atoms with Crippen molar-refractivity contribution in [2.45, 2.75) is 44.4 Å². The third kappa shape index (κ3) is 4.34. The van der Waals surface area contributed by atoms with E-state index in [9.17, 15) is 8.42 Å². The Kier molecular flexibility index (Phi) is 5.33. The van der Waals surface area contributed by atoms with E-state index in [1.165, 1.54) is 12.8 Å². The van der Waals surface area contributed by atoms with Crippen LogP contribution in [0, 0.1) is 13.8 Å². The maximum Gasteiger partial charge on any atom is 0.261 e. The van der Waals surface area contributed by atoms with Crippen LogP contribution in [-0.4, -0.2) is 21.5 Å². The number of nitrogens with one attached hydrogen (secondary N) is 1. The second kappa shape index (κ2) is 7.48. The number of sulfonamides is 1. The van der Waals surface area contributed by atoms with Crippen LogP contribution in [0.25, 0.3) is 0 Å². The highest BCUT2D eigenvalue weighted by Crippen LogP contribution is 2.31. The lowest BCUT2D eigenvalue weighted by Crippen LogP contribution is -2.26. The smallest absolute Gasteiger partial charge is 0.261 e. The van der Waals surface area contributed by atoms with Crippen molar-refractivity contribution < 1.29 is 8.42 Å². The Bertz CT molecular complexity index is 821. The Morgan fingerprint density at radius 3 is 2.08 bits per heavy atom. The first-order valence-electron chi connectivity index (χ1n) is 8.91. The first-order valence-corrected chi connectivity index (χ1v) is 10.4. The Morgan fingerprint density at radius 1 is 0.840 bits per heavy atom.